The molecule has 2 rings (SSSR count). The molecule has 1 saturated heterocycles. The molecule has 0 radical (unpaired) electrons. The van der Waals surface area contributed by atoms with Crippen LogP contribution in [0.5, 0.6) is 0 Å². The first-order chi connectivity index (χ1) is 8.65. The van der Waals surface area contributed by atoms with Crippen LogP contribution in [0.2, 0.25) is 5.02 Å². The summed E-state index contributed by atoms with van der Waals surface area (Å²) < 4.78 is 13.5. The van der Waals surface area contributed by atoms with E-state index >= 15 is 0 Å². The van der Waals surface area contributed by atoms with Crippen LogP contribution in [0.1, 0.15) is 24.9 Å². The highest BCUT2D eigenvalue weighted by Gasteiger charge is 2.34. The highest BCUT2D eigenvalue weighted by atomic mass is 35.5. The Labute approximate surface area is 113 Å². The van der Waals surface area contributed by atoms with Gasteiger partial charge in [0.05, 0.1) is 0 Å². The van der Waals surface area contributed by atoms with Crippen LogP contribution in [-0.2, 0) is 0 Å². The summed E-state index contributed by atoms with van der Waals surface area (Å²) in [5.74, 6) is 0.275. The monoisotopic (exact) mass is 270 g/mol. The van der Waals surface area contributed by atoms with E-state index in [1.54, 1.807) is 6.07 Å². The lowest BCUT2D eigenvalue weighted by molar-refractivity contribution is 0.238. The van der Waals surface area contributed by atoms with E-state index in [-0.39, 0.29) is 11.9 Å². The van der Waals surface area contributed by atoms with Crippen molar-refractivity contribution in [3.05, 3.63) is 34.6 Å². The quantitative estimate of drug-likeness (QED) is 0.905. The zero-order valence-electron chi connectivity index (χ0n) is 10.9. The van der Waals surface area contributed by atoms with Crippen LogP contribution in [0.4, 0.5) is 4.39 Å². The van der Waals surface area contributed by atoms with Crippen LogP contribution < -0.4 is 5.32 Å². The molecule has 1 aromatic rings. The van der Waals surface area contributed by atoms with E-state index < -0.39 is 0 Å². The molecule has 0 bridgehead atoms. The topological polar surface area (TPSA) is 15.3 Å². The fraction of sp³-hybridized carbons (Fsp3) is 0.571. The van der Waals surface area contributed by atoms with Gasteiger partial charge in [-0.1, -0.05) is 18.5 Å². The Morgan fingerprint density at radius 3 is 2.83 bits per heavy atom. The van der Waals surface area contributed by atoms with Crippen molar-refractivity contribution in [3.8, 4) is 0 Å². The lowest BCUT2D eigenvalue weighted by Crippen LogP contribution is -2.29. The van der Waals surface area contributed by atoms with Crippen molar-refractivity contribution in [1.29, 1.82) is 0 Å². The summed E-state index contributed by atoms with van der Waals surface area (Å²) in [7, 11) is 1.96. The van der Waals surface area contributed by atoms with Gasteiger partial charge in [-0.3, -0.25) is 4.90 Å². The van der Waals surface area contributed by atoms with Crippen LogP contribution in [0, 0.1) is 11.7 Å². The maximum Gasteiger partial charge on any atom is 0.125 e. The molecule has 0 aliphatic carbocycles. The maximum absolute atomic E-state index is 13.5. The molecule has 1 aliphatic heterocycles. The fourth-order valence-electron chi connectivity index (χ4n) is 2.99. The third kappa shape index (κ3) is 2.85. The normalized spacial score (nSPS) is 24.7. The van der Waals surface area contributed by atoms with Gasteiger partial charge in [-0.2, -0.15) is 0 Å². The Morgan fingerprint density at radius 2 is 2.22 bits per heavy atom. The van der Waals surface area contributed by atoms with Crippen molar-refractivity contribution < 1.29 is 4.39 Å². The lowest BCUT2D eigenvalue weighted by Gasteiger charge is -2.28. The summed E-state index contributed by atoms with van der Waals surface area (Å²) in [6.45, 7) is 5.16. The van der Waals surface area contributed by atoms with Crippen LogP contribution in [-0.4, -0.2) is 31.6 Å². The SMILES string of the molecule is CCN1CCC(CNC)C1c1cc(F)cc(Cl)c1. The van der Waals surface area contributed by atoms with Crippen molar-refractivity contribution >= 4 is 11.6 Å². The smallest absolute Gasteiger partial charge is 0.125 e. The molecule has 1 aliphatic rings. The van der Waals surface area contributed by atoms with E-state index in [1.165, 1.54) is 6.07 Å². The predicted molar refractivity (Wildman–Crippen MR) is 73.4 cm³/mol. The predicted octanol–water partition coefficient (Wildman–Crippen LogP) is 3.08. The Hall–Kier alpha value is -0.640. The standard InChI is InChI=1S/C14H20ClFN2/c1-3-18-5-4-10(9-17-2)14(18)11-6-12(15)8-13(16)7-11/h6-8,10,14,17H,3-5,9H2,1-2H3. The van der Waals surface area contributed by atoms with E-state index in [0.717, 1.165) is 31.6 Å². The van der Waals surface area contributed by atoms with Crippen LogP contribution in [0.3, 0.4) is 0 Å². The molecule has 100 valence electrons. The molecule has 4 heteroatoms. The number of hydrogen-bond acceptors (Lipinski definition) is 2. The molecule has 1 heterocycles. The number of rotatable bonds is 4. The first-order valence-corrected chi connectivity index (χ1v) is 6.88. The number of benzene rings is 1. The van der Waals surface area contributed by atoms with Gasteiger partial charge in [0, 0.05) is 11.1 Å². The number of nitrogens with zero attached hydrogens (tertiary/aromatic N) is 1. The third-order valence-electron chi connectivity index (χ3n) is 3.73. The minimum atomic E-state index is -0.247. The maximum atomic E-state index is 13.5. The Balaban J connectivity index is 2.30. The average Bonchev–Trinajstić information content (AvgIpc) is 2.71. The summed E-state index contributed by atoms with van der Waals surface area (Å²) in [4.78, 5) is 2.40. The number of halogens is 2. The number of nitrogens with one attached hydrogen (secondary N) is 1. The lowest BCUT2D eigenvalue weighted by atomic mass is 9.93. The second-order valence-electron chi connectivity index (χ2n) is 4.88. The molecule has 1 aromatic carbocycles. The second-order valence-corrected chi connectivity index (χ2v) is 5.32. The van der Waals surface area contributed by atoms with Gasteiger partial charge in [-0.15, -0.1) is 0 Å². The van der Waals surface area contributed by atoms with Crippen molar-refractivity contribution in [2.75, 3.05) is 26.7 Å². The van der Waals surface area contributed by atoms with Crippen molar-refractivity contribution in [2.24, 2.45) is 5.92 Å². The van der Waals surface area contributed by atoms with Crippen molar-refractivity contribution in [2.45, 2.75) is 19.4 Å². The summed E-state index contributed by atoms with van der Waals surface area (Å²) >= 11 is 5.97. The summed E-state index contributed by atoms with van der Waals surface area (Å²) in [6, 6.07) is 5.15. The Kier molecular flexibility index (Phi) is 4.60. The zero-order chi connectivity index (χ0) is 13.1. The van der Waals surface area contributed by atoms with Gasteiger partial charge in [-0.05, 0) is 62.8 Å². The van der Waals surface area contributed by atoms with Crippen molar-refractivity contribution in [3.63, 3.8) is 0 Å². The van der Waals surface area contributed by atoms with Crippen LogP contribution >= 0.6 is 11.6 Å². The Bertz CT molecular complexity index is 391. The molecule has 1 fully saturated rings. The third-order valence-corrected chi connectivity index (χ3v) is 3.94. The molecule has 0 saturated carbocycles. The first-order valence-electron chi connectivity index (χ1n) is 6.50. The number of hydrogen-bond donors (Lipinski definition) is 1. The summed E-state index contributed by atoms with van der Waals surface area (Å²) in [6.07, 6.45) is 1.15. The van der Waals surface area contributed by atoms with E-state index in [1.807, 2.05) is 13.1 Å². The largest absolute Gasteiger partial charge is 0.319 e. The van der Waals surface area contributed by atoms with E-state index in [0.29, 0.717) is 10.9 Å². The van der Waals surface area contributed by atoms with E-state index in [2.05, 4.69) is 17.1 Å². The number of likely N-dealkylation sites (tertiary alicyclic amines) is 1. The average molecular weight is 271 g/mol. The molecule has 0 aromatic heterocycles. The van der Waals surface area contributed by atoms with Gasteiger partial charge < -0.3 is 5.32 Å². The highest BCUT2D eigenvalue weighted by molar-refractivity contribution is 6.30. The Morgan fingerprint density at radius 1 is 1.44 bits per heavy atom. The minimum Gasteiger partial charge on any atom is -0.319 e. The first kappa shape index (κ1) is 13.8. The molecule has 2 unspecified atom stereocenters. The molecule has 1 N–H and O–H groups in total. The highest BCUT2D eigenvalue weighted by Crippen LogP contribution is 2.37. The molecule has 0 spiro atoms. The summed E-state index contributed by atoms with van der Waals surface area (Å²) in [5, 5.41) is 3.71. The molecule has 2 atom stereocenters. The van der Waals surface area contributed by atoms with Crippen LogP contribution in [0.15, 0.2) is 18.2 Å². The van der Waals surface area contributed by atoms with Gasteiger partial charge in [-0.25, -0.2) is 4.39 Å². The van der Waals surface area contributed by atoms with E-state index in [4.69, 9.17) is 11.6 Å². The molecule has 18 heavy (non-hydrogen) atoms. The fourth-order valence-corrected chi connectivity index (χ4v) is 3.22. The molecule has 0 amide bonds. The molecular formula is C14H20ClFN2. The summed E-state index contributed by atoms with van der Waals surface area (Å²) in [5.41, 5.74) is 1.000. The van der Waals surface area contributed by atoms with Crippen molar-refractivity contribution in [1.82, 2.24) is 10.2 Å². The molecular weight excluding hydrogens is 251 g/mol. The van der Waals surface area contributed by atoms with E-state index in [9.17, 15) is 4.39 Å². The van der Waals surface area contributed by atoms with Crippen LogP contribution in [0.25, 0.3) is 0 Å². The minimum absolute atomic E-state index is 0.247. The molecule has 2 nitrogen and oxygen atoms in total. The zero-order valence-corrected chi connectivity index (χ0v) is 11.7. The van der Waals surface area contributed by atoms with Gasteiger partial charge in [0.2, 0.25) is 0 Å². The van der Waals surface area contributed by atoms with Gasteiger partial charge >= 0.3 is 0 Å². The second kappa shape index (κ2) is 6.00. The van der Waals surface area contributed by atoms with Gasteiger partial charge in [0.1, 0.15) is 5.82 Å². The van der Waals surface area contributed by atoms with Gasteiger partial charge in [0.25, 0.3) is 0 Å². The van der Waals surface area contributed by atoms with Gasteiger partial charge in [0.15, 0.2) is 0 Å².